The zero-order chi connectivity index (χ0) is 9.26. The Hall–Kier alpha value is -1.49. The van der Waals surface area contributed by atoms with Gasteiger partial charge in [0.15, 0.2) is 5.82 Å². The molecule has 1 radical (unpaired) electrons. The van der Waals surface area contributed by atoms with E-state index in [0.717, 1.165) is 0 Å². The van der Waals surface area contributed by atoms with Crippen molar-refractivity contribution < 1.29 is 4.39 Å². The van der Waals surface area contributed by atoms with Crippen molar-refractivity contribution in [3.63, 3.8) is 0 Å². The second-order valence-corrected chi connectivity index (χ2v) is 2.67. The molecule has 0 aliphatic rings. The minimum atomic E-state index is -0.616. The second-order valence-electron chi connectivity index (χ2n) is 2.26. The van der Waals surface area contributed by atoms with Gasteiger partial charge in [-0.3, -0.25) is 0 Å². The van der Waals surface area contributed by atoms with Crippen molar-refractivity contribution in [2.75, 3.05) is 0 Å². The molecule has 0 spiro atoms. The van der Waals surface area contributed by atoms with Gasteiger partial charge in [0.25, 0.3) is 0 Å². The summed E-state index contributed by atoms with van der Waals surface area (Å²) in [5.74, 6) is -0.616. The molecule has 1 heterocycles. The molecule has 4 nitrogen and oxygen atoms in total. The molecule has 6 heteroatoms. The van der Waals surface area contributed by atoms with Gasteiger partial charge in [-0.15, -0.1) is 5.10 Å². The number of aromatic nitrogens is 4. The second kappa shape index (κ2) is 3.10. The molecule has 0 N–H and O–H groups in total. The Balaban J connectivity index is 2.49. The summed E-state index contributed by atoms with van der Waals surface area (Å²) in [6.45, 7) is 0. The topological polar surface area (TPSA) is 43.6 Å². The van der Waals surface area contributed by atoms with Gasteiger partial charge < -0.3 is 0 Å². The summed E-state index contributed by atoms with van der Waals surface area (Å²) in [6.07, 6.45) is 1.35. The highest BCUT2D eigenvalue weighted by Crippen LogP contribution is 2.16. The van der Waals surface area contributed by atoms with Crippen LogP contribution in [0.25, 0.3) is 5.69 Å². The number of benzene rings is 1. The summed E-state index contributed by atoms with van der Waals surface area (Å²) in [5.41, 5.74) is 0.409. The lowest BCUT2D eigenvalue weighted by molar-refractivity contribution is 0.622. The Morgan fingerprint density at radius 2 is 2.31 bits per heavy atom. The SMILES string of the molecule is Fc1[c]c(-n2cnnn2)ccc1Cl. The first-order valence-electron chi connectivity index (χ1n) is 3.38. The van der Waals surface area contributed by atoms with Gasteiger partial charge >= 0.3 is 0 Å². The molecule has 13 heavy (non-hydrogen) atoms. The molecule has 0 atom stereocenters. The number of tetrazole rings is 1. The number of rotatable bonds is 1. The molecule has 1 aromatic heterocycles. The van der Waals surface area contributed by atoms with E-state index in [9.17, 15) is 4.39 Å². The van der Waals surface area contributed by atoms with E-state index >= 15 is 0 Å². The molecule has 0 saturated heterocycles. The molecule has 2 rings (SSSR count). The van der Waals surface area contributed by atoms with Crippen LogP contribution < -0.4 is 0 Å². The van der Waals surface area contributed by atoms with Crippen LogP contribution in [0.3, 0.4) is 0 Å². The predicted molar refractivity (Wildman–Crippen MR) is 43.0 cm³/mol. The lowest BCUT2D eigenvalue weighted by Crippen LogP contribution is -1.96. The predicted octanol–water partition coefficient (Wildman–Crippen LogP) is 1.25. The molecule has 0 fully saturated rings. The summed E-state index contributed by atoms with van der Waals surface area (Å²) in [4.78, 5) is 0. The number of nitrogens with zero attached hydrogens (tertiary/aromatic N) is 4. The molecular formula is C7H3ClFN4. The number of hydrogen-bond donors (Lipinski definition) is 0. The Labute approximate surface area is 77.9 Å². The van der Waals surface area contributed by atoms with Gasteiger partial charge in [-0.05, 0) is 22.6 Å². The smallest absolute Gasteiger partial charge is 0.151 e. The molecule has 1 aromatic carbocycles. The summed E-state index contributed by atoms with van der Waals surface area (Å²) < 4.78 is 14.2. The lowest BCUT2D eigenvalue weighted by atomic mass is 10.3. The minimum Gasteiger partial charge on any atom is -0.205 e. The monoisotopic (exact) mass is 197 g/mol. The zero-order valence-corrected chi connectivity index (χ0v) is 7.03. The number of hydrogen-bond acceptors (Lipinski definition) is 3. The van der Waals surface area contributed by atoms with Crippen LogP contribution in [0.5, 0.6) is 0 Å². The first-order chi connectivity index (χ1) is 6.27. The van der Waals surface area contributed by atoms with Gasteiger partial charge in [0.2, 0.25) is 0 Å². The summed E-state index contributed by atoms with van der Waals surface area (Å²) >= 11 is 5.47. The Kier molecular flexibility index (Phi) is 1.94. The van der Waals surface area contributed by atoms with E-state index in [2.05, 4.69) is 21.6 Å². The summed E-state index contributed by atoms with van der Waals surface area (Å²) in [5, 5.41) is 10.4. The lowest BCUT2D eigenvalue weighted by Gasteiger charge is -1.98. The van der Waals surface area contributed by atoms with E-state index in [0.29, 0.717) is 5.69 Å². The molecule has 2 aromatic rings. The van der Waals surface area contributed by atoms with Crippen molar-refractivity contribution in [3.8, 4) is 5.69 Å². The third-order valence-corrected chi connectivity index (χ3v) is 1.72. The third-order valence-electron chi connectivity index (χ3n) is 1.43. The van der Waals surface area contributed by atoms with Crippen LogP contribution in [0.4, 0.5) is 4.39 Å². The average molecular weight is 198 g/mol. The Bertz CT molecular complexity index is 414. The van der Waals surface area contributed by atoms with Crippen molar-refractivity contribution in [3.05, 3.63) is 35.4 Å². The van der Waals surface area contributed by atoms with Crippen LogP contribution >= 0.6 is 11.6 Å². The Morgan fingerprint density at radius 3 is 2.92 bits per heavy atom. The van der Waals surface area contributed by atoms with E-state index in [1.54, 1.807) is 6.07 Å². The normalized spacial score (nSPS) is 10.3. The van der Waals surface area contributed by atoms with Gasteiger partial charge in [-0.1, -0.05) is 11.6 Å². The van der Waals surface area contributed by atoms with Gasteiger partial charge in [0.1, 0.15) is 6.33 Å². The molecule has 0 bridgehead atoms. The standard InChI is InChI=1S/C7H3ClFN4/c8-6-2-1-5(3-7(6)9)13-4-10-11-12-13/h1-2,4H. The first kappa shape index (κ1) is 8.12. The third kappa shape index (κ3) is 1.50. The van der Waals surface area contributed by atoms with E-state index < -0.39 is 5.82 Å². The molecule has 0 saturated carbocycles. The highest BCUT2D eigenvalue weighted by molar-refractivity contribution is 6.30. The van der Waals surface area contributed by atoms with Gasteiger partial charge in [-0.2, -0.15) is 4.68 Å². The average Bonchev–Trinajstić information content (AvgIpc) is 2.62. The molecule has 0 amide bonds. The number of halogens is 2. The Morgan fingerprint density at radius 1 is 1.46 bits per heavy atom. The maximum Gasteiger partial charge on any atom is 0.151 e. The van der Waals surface area contributed by atoms with Gasteiger partial charge in [-0.25, -0.2) is 4.39 Å². The highest BCUT2D eigenvalue weighted by atomic mass is 35.5. The largest absolute Gasteiger partial charge is 0.205 e. The van der Waals surface area contributed by atoms with E-state index in [1.807, 2.05) is 0 Å². The maximum atomic E-state index is 12.9. The van der Waals surface area contributed by atoms with Crippen molar-refractivity contribution in [1.29, 1.82) is 0 Å². The van der Waals surface area contributed by atoms with E-state index in [1.165, 1.54) is 17.1 Å². The van der Waals surface area contributed by atoms with Crippen LogP contribution in [0.15, 0.2) is 18.5 Å². The summed E-state index contributed by atoms with van der Waals surface area (Å²) in [6, 6.07) is 5.39. The fourth-order valence-electron chi connectivity index (χ4n) is 0.844. The van der Waals surface area contributed by atoms with Crippen LogP contribution in [-0.2, 0) is 0 Å². The van der Waals surface area contributed by atoms with Crippen molar-refractivity contribution in [2.45, 2.75) is 0 Å². The van der Waals surface area contributed by atoms with E-state index in [4.69, 9.17) is 11.6 Å². The van der Waals surface area contributed by atoms with Gasteiger partial charge in [0, 0.05) is 0 Å². The van der Waals surface area contributed by atoms with Crippen LogP contribution in [0.1, 0.15) is 0 Å². The van der Waals surface area contributed by atoms with Crippen molar-refractivity contribution >= 4 is 11.6 Å². The zero-order valence-electron chi connectivity index (χ0n) is 6.28. The molecule has 0 aliphatic heterocycles. The summed E-state index contributed by atoms with van der Waals surface area (Å²) in [7, 11) is 0. The fourth-order valence-corrected chi connectivity index (χ4v) is 0.955. The molecule has 0 aliphatic carbocycles. The van der Waals surface area contributed by atoms with Crippen molar-refractivity contribution in [2.24, 2.45) is 0 Å². The minimum absolute atomic E-state index is 0.0248. The molecule has 0 unspecified atom stereocenters. The first-order valence-corrected chi connectivity index (χ1v) is 3.76. The highest BCUT2D eigenvalue weighted by Gasteiger charge is 2.03. The molecule has 65 valence electrons. The fraction of sp³-hybridized carbons (Fsp3) is 0. The quantitative estimate of drug-likeness (QED) is 0.691. The van der Waals surface area contributed by atoms with Crippen molar-refractivity contribution in [1.82, 2.24) is 20.2 Å². The molecular weight excluding hydrogens is 195 g/mol. The van der Waals surface area contributed by atoms with Crippen LogP contribution in [0.2, 0.25) is 5.02 Å². The maximum absolute atomic E-state index is 12.9. The van der Waals surface area contributed by atoms with Crippen LogP contribution in [-0.4, -0.2) is 20.2 Å². The van der Waals surface area contributed by atoms with Crippen LogP contribution in [0, 0.1) is 11.9 Å². The van der Waals surface area contributed by atoms with E-state index in [-0.39, 0.29) is 5.02 Å². The van der Waals surface area contributed by atoms with Gasteiger partial charge in [0.05, 0.1) is 16.8 Å².